The predicted molar refractivity (Wildman–Crippen MR) is 135 cm³/mol. The molecule has 0 radical (unpaired) electrons. The van der Waals surface area contributed by atoms with Gasteiger partial charge in [-0.3, -0.25) is 29.4 Å². The van der Waals surface area contributed by atoms with Crippen LogP contribution < -0.4 is 5.32 Å². The van der Waals surface area contributed by atoms with Crippen LogP contribution in [0.2, 0.25) is 0 Å². The molecule has 0 fully saturated rings. The van der Waals surface area contributed by atoms with Crippen molar-refractivity contribution in [1.82, 2.24) is 25.2 Å². The molecular formula is C25H30BN5O6. The largest absolute Gasteiger partial charge is 0.481 e. The summed E-state index contributed by atoms with van der Waals surface area (Å²) in [5.41, 5.74) is 2.74. The van der Waals surface area contributed by atoms with Crippen LogP contribution in [0.15, 0.2) is 67.1 Å². The Hall–Kier alpha value is -3.71. The van der Waals surface area contributed by atoms with E-state index >= 15 is 0 Å². The summed E-state index contributed by atoms with van der Waals surface area (Å²) in [5, 5.41) is 40.1. The number of nitrogens with zero attached hydrogens (tertiary/aromatic N) is 4. The molecule has 0 bridgehead atoms. The summed E-state index contributed by atoms with van der Waals surface area (Å²) in [6.45, 7) is 1.63. The molecule has 0 aliphatic rings. The molecule has 0 aliphatic carbocycles. The average molecular weight is 507 g/mol. The number of carboxylic acids is 1. The Balaban J connectivity index is 1.62. The molecule has 0 saturated carbocycles. The van der Waals surface area contributed by atoms with E-state index in [2.05, 4.69) is 25.2 Å². The summed E-state index contributed by atoms with van der Waals surface area (Å²) >= 11 is 0. The number of nitrogens with one attached hydrogen (secondary N) is 1. The summed E-state index contributed by atoms with van der Waals surface area (Å²) < 4.78 is 0. The van der Waals surface area contributed by atoms with Crippen molar-refractivity contribution in [3.8, 4) is 0 Å². The maximum Gasteiger partial charge on any atom is 0.475 e. The summed E-state index contributed by atoms with van der Waals surface area (Å²) in [6.07, 6.45) is 3.23. The first kappa shape index (κ1) is 27.9. The minimum absolute atomic E-state index is 0.0145. The number of amides is 1. The number of aliphatic carboxylic acids is 1. The molecule has 2 atom stereocenters. The molecule has 0 aromatic carbocycles. The van der Waals surface area contributed by atoms with Gasteiger partial charge in [-0.05, 0) is 49.2 Å². The van der Waals surface area contributed by atoms with Crippen LogP contribution in [-0.2, 0) is 24.4 Å². The predicted octanol–water partition coefficient (Wildman–Crippen LogP) is 0.800. The second-order valence-corrected chi connectivity index (χ2v) is 8.65. The highest BCUT2D eigenvalue weighted by atomic mass is 16.4. The van der Waals surface area contributed by atoms with Gasteiger partial charge in [-0.25, -0.2) is 0 Å². The van der Waals surface area contributed by atoms with Gasteiger partial charge in [0.2, 0.25) is 0 Å². The van der Waals surface area contributed by atoms with Crippen LogP contribution >= 0.6 is 0 Å². The van der Waals surface area contributed by atoms with Crippen molar-refractivity contribution in [3.63, 3.8) is 0 Å². The smallest absolute Gasteiger partial charge is 0.475 e. The Morgan fingerprint density at radius 1 is 0.865 bits per heavy atom. The molecule has 11 nitrogen and oxygen atoms in total. The number of aromatic nitrogens is 3. The van der Waals surface area contributed by atoms with Crippen molar-refractivity contribution >= 4 is 19.0 Å². The van der Waals surface area contributed by atoms with Crippen molar-refractivity contribution in [2.75, 3.05) is 0 Å². The maximum absolute atomic E-state index is 12.6. The number of carboxylic acid groups (broad SMARTS) is 1. The number of aliphatic hydroxyl groups is 1. The molecule has 37 heavy (non-hydrogen) atoms. The summed E-state index contributed by atoms with van der Waals surface area (Å²) in [5.74, 6) is -2.81. The standard InChI is InChI=1S/C25H30BN5O6/c32-22(13-24(33)34)9-10-23(26(36)37)30-25(35)18-7-8-21(29-14-18)17-31(15-19-5-1-3-11-27-19)16-20-6-2-4-12-28-20/h1-8,11-12,14,22-23,32,36-37H,9-10,13,15-17H2,(H,30,35)(H,33,34). The SMILES string of the molecule is O=C(O)CC(O)CCC(NC(=O)c1ccc(CN(Cc2ccccn2)Cc2ccccn2)nc1)B(O)O. The van der Waals surface area contributed by atoms with E-state index in [-0.39, 0.29) is 18.4 Å². The lowest BCUT2D eigenvalue weighted by molar-refractivity contribution is -0.139. The quantitative estimate of drug-likeness (QED) is 0.197. The number of hydrogen-bond donors (Lipinski definition) is 5. The Morgan fingerprint density at radius 2 is 1.46 bits per heavy atom. The van der Waals surface area contributed by atoms with Crippen molar-refractivity contribution < 1.29 is 29.9 Å². The first-order chi connectivity index (χ1) is 17.8. The summed E-state index contributed by atoms with van der Waals surface area (Å²) in [6, 6.07) is 14.8. The minimum atomic E-state index is -1.88. The Kier molecular flexibility index (Phi) is 10.7. The highest BCUT2D eigenvalue weighted by Gasteiger charge is 2.27. The number of aliphatic hydroxyl groups excluding tert-OH is 1. The molecule has 194 valence electrons. The van der Waals surface area contributed by atoms with Crippen LogP contribution in [0.3, 0.4) is 0 Å². The zero-order chi connectivity index (χ0) is 26.6. The number of pyridine rings is 3. The van der Waals surface area contributed by atoms with E-state index in [1.54, 1.807) is 24.5 Å². The maximum atomic E-state index is 12.6. The normalized spacial score (nSPS) is 12.6. The highest BCUT2D eigenvalue weighted by molar-refractivity contribution is 6.43. The molecular weight excluding hydrogens is 477 g/mol. The van der Waals surface area contributed by atoms with Gasteiger partial charge in [0.25, 0.3) is 5.91 Å². The third-order valence-corrected chi connectivity index (χ3v) is 5.59. The van der Waals surface area contributed by atoms with Crippen molar-refractivity contribution in [2.24, 2.45) is 0 Å². The fourth-order valence-electron chi connectivity index (χ4n) is 3.71. The van der Waals surface area contributed by atoms with Crippen LogP contribution in [0.5, 0.6) is 0 Å². The van der Waals surface area contributed by atoms with Gasteiger partial charge in [0.15, 0.2) is 0 Å². The molecule has 1 amide bonds. The van der Waals surface area contributed by atoms with Gasteiger partial charge in [0, 0.05) is 38.2 Å². The van der Waals surface area contributed by atoms with E-state index in [4.69, 9.17) is 5.11 Å². The number of carbonyl (C=O) groups is 2. The van der Waals surface area contributed by atoms with Crippen molar-refractivity contribution in [1.29, 1.82) is 0 Å². The Morgan fingerprint density at radius 3 is 1.92 bits per heavy atom. The van der Waals surface area contributed by atoms with Gasteiger partial charge >= 0.3 is 13.1 Å². The van der Waals surface area contributed by atoms with Crippen LogP contribution in [0.25, 0.3) is 0 Å². The van der Waals surface area contributed by atoms with E-state index < -0.39 is 37.5 Å². The molecule has 0 spiro atoms. The fourth-order valence-corrected chi connectivity index (χ4v) is 3.71. The first-order valence-corrected chi connectivity index (χ1v) is 11.8. The molecule has 3 aromatic heterocycles. The monoisotopic (exact) mass is 507 g/mol. The molecule has 3 heterocycles. The van der Waals surface area contributed by atoms with E-state index in [1.807, 2.05) is 36.4 Å². The van der Waals surface area contributed by atoms with Crippen LogP contribution in [-0.4, -0.2) is 71.2 Å². The lowest BCUT2D eigenvalue weighted by Gasteiger charge is -2.21. The summed E-state index contributed by atoms with van der Waals surface area (Å²) in [4.78, 5) is 38.7. The average Bonchev–Trinajstić information content (AvgIpc) is 2.87. The second-order valence-electron chi connectivity index (χ2n) is 8.65. The van der Waals surface area contributed by atoms with Gasteiger partial charge in [-0.15, -0.1) is 0 Å². The van der Waals surface area contributed by atoms with E-state index in [0.29, 0.717) is 19.6 Å². The van der Waals surface area contributed by atoms with E-state index in [0.717, 1.165) is 17.1 Å². The van der Waals surface area contributed by atoms with Crippen molar-refractivity contribution in [2.45, 2.75) is 50.9 Å². The molecule has 0 aliphatic heterocycles. The topological polar surface area (TPSA) is 169 Å². The molecule has 3 aromatic rings. The molecule has 0 saturated heterocycles. The van der Waals surface area contributed by atoms with Gasteiger partial charge in [0.1, 0.15) is 0 Å². The zero-order valence-electron chi connectivity index (χ0n) is 20.2. The Labute approximate surface area is 215 Å². The summed E-state index contributed by atoms with van der Waals surface area (Å²) in [7, 11) is -1.88. The molecule has 3 rings (SSSR count). The molecule has 5 N–H and O–H groups in total. The van der Waals surface area contributed by atoms with Gasteiger partial charge in [-0.1, -0.05) is 12.1 Å². The second kappa shape index (κ2) is 14.1. The Bertz CT molecular complexity index is 1080. The number of rotatable bonds is 14. The molecule has 12 heteroatoms. The van der Waals surface area contributed by atoms with Crippen LogP contribution in [0, 0.1) is 0 Å². The third-order valence-electron chi connectivity index (χ3n) is 5.59. The number of hydrogen-bond acceptors (Lipinski definition) is 9. The lowest BCUT2D eigenvalue weighted by atomic mass is 9.76. The van der Waals surface area contributed by atoms with E-state index in [9.17, 15) is 24.7 Å². The molecule has 2 unspecified atom stereocenters. The lowest BCUT2D eigenvalue weighted by Crippen LogP contribution is -2.46. The van der Waals surface area contributed by atoms with Crippen LogP contribution in [0.1, 0.15) is 46.7 Å². The highest BCUT2D eigenvalue weighted by Crippen LogP contribution is 2.12. The van der Waals surface area contributed by atoms with Gasteiger partial charge in [0.05, 0.1) is 41.1 Å². The first-order valence-electron chi connectivity index (χ1n) is 11.8. The van der Waals surface area contributed by atoms with E-state index in [1.165, 1.54) is 6.20 Å². The minimum Gasteiger partial charge on any atom is -0.481 e. The van der Waals surface area contributed by atoms with Crippen molar-refractivity contribution in [3.05, 3.63) is 89.8 Å². The number of carbonyl (C=O) groups excluding carboxylic acids is 1. The fraction of sp³-hybridized carbons (Fsp3) is 0.320. The van der Waals surface area contributed by atoms with Gasteiger partial charge in [-0.2, -0.15) is 0 Å². The van der Waals surface area contributed by atoms with Gasteiger partial charge < -0.3 is 25.6 Å². The van der Waals surface area contributed by atoms with Crippen LogP contribution in [0.4, 0.5) is 0 Å². The zero-order valence-corrected chi connectivity index (χ0v) is 20.2. The third kappa shape index (κ3) is 9.69.